The molecule has 0 unspecified atom stereocenters. The van der Waals surface area contributed by atoms with Crippen molar-refractivity contribution in [2.24, 2.45) is 0 Å². The lowest BCUT2D eigenvalue weighted by molar-refractivity contribution is 0.102. The Labute approximate surface area is 170 Å². The molecule has 1 heterocycles. The van der Waals surface area contributed by atoms with Crippen LogP contribution >= 0.6 is 0 Å². The molecule has 1 amide bonds. The van der Waals surface area contributed by atoms with Crippen LogP contribution in [0.25, 0.3) is 0 Å². The van der Waals surface area contributed by atoms with Crippen molar-refractivity contribution in [3.8, 4) is 11.5 Å². The molecule has 7 nitrogen and oxygen atoms in total. The second-order valence-corrected chi connectivity index (χ2v) is 6.72. The van der Waals surface area contributed by atoms with Crippen LogP contribution in [0, 0.1) is 20.8 Å². The Morgan fingerprint density at radius 2 is 1.62 bits per heavy atom. The van der Waals surface area contributed by atoms with Gasteiger partial charge in [-0.2, -0.15) is 0 Å². The third-order valence-corrected chi connectivity index (χ3v) is 4.48. The summed E-state index contributed by atoms with van der Waals surface area (Å²) in [5.74, 6) is 1.50. The molecule has 3 aromatic rings. The monoisotopic (exact) mass is 392 g/mol. The van der Waals surface area contributed by atoms with E-state index in [1.54, 1.807) is 44.6 Å². The fraction of sp³-hybridized carbons (Fsp3) is 0.227. The summed E-state index contributed by atoms with van der Waals surface area (Å²) < 4.78 is 10.6. The van der Waals surface area contributed by atoms with Crippen molar-refractivity contribution >= 4 is 23.1 Å². The number of nitrogens with one attached hydrogen (secondary N) is 2. The molecular weight excluding hydrogens is 368 g/mol. The van der Waals surface area contributed by atoms with Crippen LogP contribution in [0.2, 0.25) is 0 Å². The maximum absolute atomic E-state index is 12.6. The van der Waals surface area contributed by atoms with Crippen LogP contribution in [0.3, 0.4) is 0 Å². The van der Waals surface area contributed by atoms with Gasteiger partial charge in [0, 0.05) is 11.8 Å². The van der Waals surface area contributed by atoms with Crippen molar-refractivity contribution < 1.29 is 14.3 Å². The number of aryl methyl sites for hydroxylation is 3. The molecule has 0 fully saturated rings. The van der Waals surface area contributed by atoms with Crippen LogP contribution < -0.4 is 20.1 Å². The van der Waals surface area contributed by atoms with Gasteiger partial charge in [-0.3, -0.25) is 4.79 Å². The van der Waals surface area contributed by atoms with Gasteiger partial charge in [0.2, 0.25) is 0 Å². The molecule has 0 bridgehead atoms. The Kier molecular flexibility index (Phi) is 5.97. The van der Waals surface area contributed by atoms with Gasteiger partial charge in [0.1, 0.15) is 11.5 Å². The lowest BCUT2D eigenvalue weighted by atomic mass is 10.1. The first-order chi connectivity index (χ1) is 13.9. The minimum atomic E-state index is -0.307. The highest BCUT2D eigenvalue weighted by molar-refractivity contribution is 6.03. The molecule has 3 rings (SSSR count). The lowest BCUT2D eigenvalue weighted by Crippen LogP contribution is -2.16. The molecule has 1 aromatic heterocycles. The molecule has 0 atom stereocenters. The van der Waals surface area contributed by atoms with E-state index in [0.29, 0.717) is 23.0 Å². The Morgan fingerprint density at radius 1 is 0.897 bits per heavy atom. The van der Waals surface area contributed by atoms with E-state index in [1.807, 2.05) is 32.9 Å². The molecule has 150 valence electrons. The van der Waals surface area contributed by atoms with Crippen molar-refractivity contribution in [1.29, 1.82) is 0 Å². The Balaban J connectivity index is 1.76. The standard InChI is InChI=1S/C22H24N4O3/c1-13-10-14(2)21(15(3)11-13)24-22(27)17-7-9-20(26-25-17)23-18-12-16(28-4)6-8-19(18)29-5/h6-12H,1-5H3,(H,23,26)(H,24,27). The second-order valence-electron chi connectivity index (χ2n) is 6.72. The summed E-state index contributed by atoms with van der Waals surface area (Å²) in [6.07, 6.45) is 0. The van der Waals surface area contributed by atoms with Gasteiger partial charge in [-0.15, -0.1) is 10.2 Å². The van der Waals surface area contributed by atoms with Crippen molar-refractivity contribution in [2.45, 2.75) is 20.8 Å². The van der Waals surface area contributed by atoms with Crippen LogP contribution in [0.5, 0.6) is 11.5 Å². The highest BCUT2D eigenvalue weighted by atomic mass is 16.5. The topological polar surface area (TPSA) is 85.4 Å². The molecule has 0 spiro atoms. The normalized spacial score (nSPS) is 10.4. The first-order valence-electron chi connectivity index (χ1n) is 9.13. The number of amides is 1. The average molecular weight is 392 g/mol. The second kappa shape index (κ2) is 8.60. The predicted molar refractivity (Wildman–Crippen MR) is 113 cm³/mol. The minimum Gasteiger partial charge on any atom is -0.497 e. The van der Waals surface area contributed by atoms with Crippen molar-refractivity contribution in [2.75, 3.05) is 24.9 Å². The van der Waals surface area contributed by atoms with E-state index in [4.69, 9.17) is 9.47 Å². The van der Waals surface area contributed by atoms with Crippen LogP contribution in [0.1, 0.15) is 27.2 Å². The van der Waals surface area contributed by atoms with E-state index in [-0.39, 0.29) is 11.6 Å². The number of hydrogen-bond donors (Lipinski definition) is 2. The first kappa shape index (κ1) is 20.1. The van der Waals surface area contributed by atoms with E-state index < -0.39 is 0 Å². The summed E-state index contributed by atoms with van der Waals surface area (Å²) in [4.78, 5) is 12.6. The Bertz CT molecular complexity index is 1010. The number of carbonyl (C=O) groups excluding carboxylic acids is 1. The van der Waals surface area contributed by atoms with Gasteiger partial charge >= 0.3 is 0 Å². The zero-order valence-electron chi connectivity index (χ0n) is 17.2. The molecule has 0 saturated carbocycles. The van der Waals surface area contributed by atoms with Gasteiger partial charge in [-0.25, -0.2) is 0 Å². The molecule has 0 aliphatic rings. The molecule has 0 saturated heterocycles. The van der Waals surface area contributed by atoms with Crippen LogP contribution in [0.15, 0.2) is 42.5 Å². The highest BCUT2D eigenvalue weighted by Gasteiger charge is 2.13. The summed E-state index contributed by atoms with van der Waals surface area (Å²) >= 11 is 0. The SMILES string of the molecule is COc1ccc(OC)c(Nc2ccc(C(=O)Nc3c(C)cc(C)cc3C)nn2)c1. The zero-order valence-corrected chi connectivity index (χ0v) is 17.2. The van der Waals surface area contributed by atoms with Crippen LogP contribution in [-0.2, 0) is 0 Å². The van der Waals surface area contributed by atoms with Gasteiger partial charge in [0.15, 0.2) is 11.5 Å². The van der Waals surface area contributed by atoms with E-state index in [0.717, 1.165) is 22.4 Å². The molecule has 2 aromatic carbocycles. The van der Waals surface area contributed by atoms with Crippen molar-refractivity contribution in [1.82, 2.24) is 10.2 Å². The third-order valence-electron chi connectivity index (χ3n) is 4.48. The molecule has 7 heteroatoms. The summed E-state index contributed by atoms with van der Waals surface area (Å²) in [6.45, 7) is 5.96. The molecule has 29 heavy (non-hydrogen) atoms. The number of aromatic nitrogens is 2. The smallest absolute Gasteiger partial charge is 0.276 e. The Morgan fingerprint density at radius 3 is 2.21 bits per heavy atom. The molecule has 0 radical (unpaired) electrons. The predicted octanol–water partition coefficient (Wildman–Crippen LogP) is 4.41. The maximum atomic E-state index is 12.6. The van der Waals surface area contributed by atoms with Gasteiger partial charge in [-0.05, 0) is 56.2 Å². The number of carbonyl (C=O) groups is 1. The number of anilines is 3. The number of nitrogens with zero attached hydrogens (tertiary/aromatic N) is 2. The van der Waals surface area contributed by atoms with E-state index >= 15 is 0 Å². The first-order valence-corrected chi connectivity index (χ1v) is 9.13. The molecule has 0 aliphatic heterocycles. The fourth-order valence-electron chi connectivity index (χ4n) is 3.12. The third kappa shape index (κ3) is 4.63. The fourth-order valence-corrected chi connectivity index (χ4v) is 3.12. The summed E-state index contributed by atoms with van der Waals surface area (Å²) in [6, 6.07) is 12.8. The minimum absolute atomic E-state index is 0.229. The van der Waals surface area contributed by atoms with E-state index in [9.17, 15) is 4.79 Å². The summed E-state index contributed by atoms with van der Waals surface area (Å²) in [5, 5.41) is 14.2. The molecule has 2 N–H and O–H groups in total. The average Bonchev–Trinajstić information content (AvgIpc) is 2.71. The van der Waals surface area contributed by atoms with Crippen molar-refractivity contribution in [3.63, 3.8) is 0 Å². The highest BCUT2D eigenvalue weighted by Crippen LogP contribution is 2.31. The molecule has 0 aliphatic carbocycles. The summed E-state index contributed by atoms with van der Waals surface area (Å²) in [7, 11) is 3.18. The Hall–Kier alpha value is -3.61. The summed E-state index contributed by atoms with van der Waals surface area (Å²) in [5.41, 5.74) is 4.88. The van der Waals surface area contributed by atoms with Gasteiger partial charge in [0.05, 0.1) is 19.9 Å². The number of methoxy groups -OCH3 is 2. The van der Waals surface area contributed by atoms with Gasteiger partial charge in [-0.1, -0.05) is 17.7 Å². The van der Waals surface area contributed by atoms with Crippen molar-refractivity contribution in [3.05, 3.63) is 64.8 Å². The quantitative estimate of drug-likeness (QED) is 0.646. The number of hydrogen-bond acceptors (Lipinski definition) is 6. The van der Waals surface area contributed by atoms with Gasteiger partial charge in [0.25, 0.3) is 5.91 Å². The van der Waals surface area contributed by atoms with Crippen LogP contribution in [0.4, 0.5) is 17.2 Å². The maximum Gasteiger partial charge on any atom is 0.276 e. The van der Waals surface area contributed by atoms with Gasteiger partial charge < -0.3 is 20.1 Å². The van der Waals surface area contributed by atoms with Crippen LogP contribution in [-0.4, -0.2) is 30.3 Å². The lowest BCUT2D eigenvalue weighted by Gasteiger charge is -2.13. The molecular formula is C22H24N4O3. The van der Waals surface area contributed by atoms with E-state index in [2.05, 4.69) is 20.8 Å². The van der Waals surface area contributed by atoms with E-state index in [1.165, 1.54) is 0 Å². The number of benzene rings is 2. The number of rotatable bonds is 6. The zero-order chi connectivity index (χ0) is 21.0. The largest absolute Gasteiger partial charge is 0.497 e. The number of ether oxygens (including phenoxy) is 2.